The average molecular weight is 103 g/mol. The average Bonchev–Trinajstić information content (AvgIpc) is 1.31. The molecule has 0 aliphatic carbocycles. The van der Waals surface area contributed by atoms with Crippen LogP contribution >= 0.6 is 0 Å². The summed E-state index contributed by atoms with van der Waals surface area (Å²) in [6.07, 6.45) is 0. The van der Waals surface area contributed by atoms with Crippen LogP contribution in [0, 0.1) is 0 Å². The smallest absolute Gasteiger partial charge is 0.243 e. The maximum atomic E-state index is 8.33. The standard InChI is InChI=1S/C4H9NO2/c1-3(2)4(5,6)7/h6-7H,1,5H2,2H3. The van der Waals surface area contributed by atoms with Crippen LogP contribution in [0.3, 0.4) is 0 Å². The van der Waals surface area contributed by atoms with Gasteiger partial charge in [0.25, 0.3) is 0 Å². The summed E-state index contributed by atoms with van der Waals surface area (Å²) >= 11 is 0. The Morgan fingerprint density at radius 1 is 1.71 bits per heavy atom. The second-order valence-electron chi connectivity index (χ2n) is 1.51. The van der Waals surface area contributed by atoms with Gasteiger partial charge in [-0.3, -0.25) is 5.73 Å². The predicted octanol–water partition coefficient (Wildman–Crippen LogP) is -0.840. The van der Waals surface area contributed by atoms with Crippen molar-refractivity contribution in [3.8, 4) is 0 Å². The van der Waals surface area contributed by atoms with Crippen LogP contribution in [0.4, 0.5) is 0 Å². The third kappa shape index (κ3) is 2.33. The Balaban J connectivity index is 3.79. The minimum Gasteiger partial charge on any atom is -0.350 e. The molecule has 4 N–H and O–H groups in total. The molecule has 0 saturated carbocycles. The Bertz CT molecular complexity index is 82.2. The lowest BCUT2D eigenvalue weighted by atomic mass is 10.3. The fraction of sp³-hybridized carbons (Fsp3) is 0.500. The Labute approximate surface area is 42.1 Å². The summed E-state index contributed by atoms with van der Waals surface area (Å²) in [5.41, 5.74) is 4.82. The van der Waals surface area contributed by atoms with Crippen molar-refractivity contribution in [1.29, 1.82) is 0 Å². The summed E-state index contributed by atoms with van der Waals surface area (Å²) in [7, 11) is 0. The van der Waals surface area contributed by atoms with Gasteiger partial charge in [0.05, 0.1) is 0 Å². The minimum absolute atomic E-state index is 0.132. The van der Waals surface area contributed by atoms with Crippen LogP contribution in [0.1, 0.15) is 6.92 Å². The maximum Gasteiger partial charge on any atom is 0.243 e. The van der Waals surface area contributed by atoms with Gasteiger partial charge in [0, 0.05) is 0 Å². The zero-order chi connectivity index (χ0) is 6.08. The summed E-state index contributed by atoms with van der Waals surface area (Å²) < 4.78 is 0. The van der Waals surface area contributed by atoms with E-state index >= 15 is 0 Å². The van der Waals surface area contributed by atoms with Crippen molar-refractivity contribution in [2.75, 3.05) is 0 Å². The molecule has 0 amide bonds. The van der Waals surface area contributed by atoms with Gasteiger partial charge in [-0.25, -0.2) is 0 Å². The van der Waals surface area contributed by atoms with Crippen LogP contribution < -0.4 is 5.73 Å². The van der Waals surface area contributed by atoms with Gasteiger partial charge in [0.15, 0.2) is 0 Å². The molecule has 0 saturated heterocycles. The lowest BCUT2D eigenvalue weighted by Gasteiger charge is -2.13. The minimum atomic E-state index is -2.19. The van der Waals surface area contributed by atoms with E-state index < -0.39 is 5.91 Å². The van der Waals surface area contributed by atoms with E-state index in [1.165, 1.54) is 6.92 Å². The number of hydrogen-bond donors (Lipinski definition) is 3. The van der Waals surface area contributed by atoms with Gasteiger partial charge in [0.1, 0.15) is 0 Å². The van der Waals surface area contributed by atoms with Crippen molar-refractivity contribution in [2.45, 2.75) is 12.8 Å². The van der Waals surface area contributed by atoms with Crippen molar-refractivity contribution < 1.29 is 10.2 Å². The summed E-state index contributed by atoms with van der Waals surface area (Å²) in [6.45, 7) is 4.63. The molecule has 0 aromatic rings. The monoisotopic (exact) mass is 103 g/mol. The molecule has 0 rings (SSSR count). The second kappa shape index (κ2) is 1.61. The van der Waals surface area contributed by atoms with Crippen molar-refractivity contribution in [1.82, 2.24) is 0 Å². The van der Waals surface area contributed by atoms with E-state index in [0.717, 1.165) is 0 Å². The Hall–Kier alpha value is -0.380. The third-order valence-electron chi connectivity index (χ3n) is 0.628. The first-order valence-electron chi connectivity index (χ1n) is 1.84. The molecule has 0 radical (unpaired) electrons. The number of rotatable bonds is 1. The summed E-state index contributed by atoms with van der Waals surface area (Å²) in [6, 6.07) is 0. The van der Waals surface area contributed by atoms with E-state index in [1.807, 2.05) is 0 Å². The lowest BCUT2D eigenvalue weighted by Crippen LogP contribution is -2.39. The summed E-state index contributed by atoms with van der Waals surface area (Å²) in [5, 5.41) is 16.7. The molecule has 0 heterocycles. The highest BCUT2D eigenvalue weighted by Crippen LogP contribution is 1.99. The van der Waals surface area contributed by atoms with Crippen LogP contribution in [0.25, 0.3) is 0 Å². The zero-order valence-electron chi connectivity index (χ0n) is 4.18. The van der Waals surface area contributed by atoms with Gasteiger partial charge in [-0.05, 0) is 12.5 Å². The maximum absolute atomic E-state index is 8.33. The molecule has 0 aromatic heterocycles. The highest BCUT2D eigenvalue weighted by molar-refractivity contribution is 4.98. The van der Waals surface area contributed by atoms with Gasteiger partial charge < -0.3 is 10.2 Å². The fourth-order valence-electron chi connectivity index (χ4n) is 0. The quantitative estimate of drug-likeness (QED) is 0.299. The van der Waals surface area contributed by atoms with Gasteiger partial charge >= 0.3 is 0 Å². The Morgan fingerprint density at radius 2 is 1.86 bits per heavy atom. The first kappa shape index (κ1) is 6.62. The molecule has 0 atom stereocenters. The van der Waals surface area contributed by atoms with Crippen molar-refractivity contribution in [3.63, 3.8) is 0 Å². The largest absolute Gasteiger partial charge is 0.350 e. The molecule has 42 valence electrons. The van der Waals surface area contributed by atoms with E-state index in [-0.39, 0.29) is 5.57 Å². The first-order valence-corrected chi connectivity index (χ1v) is 1.84. The van der Waals surface area contributed by atoms with Crippen molar-refractivity contribution in [2.24, 2.45) is 5.73 Å². The highest BCUT2D eigenvalue weighted by Gasteiger charge is 2.14. The molecule has 0 aliphatic heterocycles. The molecular formula is C4H9NO2. The van der Waals surface area contributed by atoms with E-state index in [2.05, 4.69) is 12.3 Å². The van der Waals surface area contributed by atoms with E-state index in [0.29, 0.717) is 0 Å². The van der Waals surface area contributed by atoms with Crippen LogP contribution in [-0.2, 0) is 0 Å². The van der Waals surface area contributed by atoms with Gasteiger partial charge in [-0.15, -0.1) is 0 Å². The number of hydrogen-bond acceptors (Lipinski definition) is 3. The van der Waals surface area contributed by atoms with Crippen LogP contribution in [0.2, 0.25) is 0 Å². The lowest BCUT2D eigenvalue weighted by molar-refractivity contribution is -0.121. The van der Waals surface area contributed by atoms with E-state index in [1.54, 1.807) is 0 Å². The molecule has 0 aliphatic rings. The zero-order valence-corrected chi connectivity index (χ0v) is 4.18. The molecule has 3 nitrogen and oxygen atoms in total. The van der Waals surface area contributed by atoms with Crippen LogP contribution in [0.15, 0.2) is 12.2 Å². The summed E-state index contributed by atoms with van der Waals surface area (Å²) in [5.74, 6) is -2.19. The molecule has 0 aromatic carbocycles. The molecule has 0 fully saturated rings. The highest BCUT2D eigenvalue weighted by atomic mass is 16.5. The Kier molecular flexibility index (Phi) is 1.53. The van der Waals surface area contributed by atoms with Crippen molar-refractivity contribution >= 4 is 0 Å². The molecule has 0 bridgehead atoms. The van der Waals surface area contributed by atoms with E-state index in [4.69, 9.17) is 10.2 Å². The molecule has 3 heteroatoms. The number of nitrogens with two attached hydrogens (primary N) is 1. The Morgan fingerprint density at radius 3 is 1.86 bits per heavy atom. The first-order chi connectivity index (χ1) is 2.94. The molecular weight excluding hydrogens is 94.0 g/mol. The molecule has 0 spiro atoms. The third-order valence-corrected chi connectivity index (χ3v) is 0.628. The predicted molar refractivity (Wildman–Crippen MR) is 26.2 cm³/mol. The van der Waals surface area contributed by atoms with E-state index in [9.17, 15) is 0 Å². The normalized spacial score (nSPS) is 11.4. The van der Waals surface area contributed by atoms with Crippen molar-refractivity contribution in [3.05, 3.63) is 12.2 Å². The van der Waals surface area contributed by atoms with Gasteiger partial charge in [0.2, 0.25) is 5.91 Å². The fourth-order valence-corrected chi connectivity index (χ4v) is 0. The SMILES string of the molecule is C=C(C)C(N)(O)O. The van der Waals surface area contributed by atoms with Crippen LogP contribution in [0.5, 0.6) is 0 Å². The van der Waals surface area contributed by atoms with Gasteiger partial charge in [-0.2, -0.15) is 0 Å². The molecule has 7 heavy (non-hydrogen) atoms. The van der Waals surface area contributed by atoms with Crippen LogP contribution in [-0.4, -0.2) is 16.1 Å². The topological polar surface area (TPSA) is 66.5 Å². The molecule has 0 unspecified atom stereocenters. The second-order valence-corrected chi connectivity index (χ2v) is 1.51. The summed E-state index contributed by atoms with van der Waals surface area (Å²) in [4.78, 5) is 0. The number of aliphatic hydroxyl groups is 2. The van der Waals surface area contributed by atoms with Gasteiger partial charge in [-0.1, -0.05) is 6.58 Å².